The Morgan fingerprint density at radius 2 is 2.17 bits per heavy atom. The molecular formula is C14H18O4. The summed E-state index contributed by atoms with van der Waals surface area (Å²) < 4.78 is 10.4. The first-order valence-corrected chi connectivity index (χ1v) is 6.02. The number of methoxy groups -OCH3 is 1. The number of carboxylic acid groups (broad SMARTS) is 1. The zero-order valence-corrected chi connectivity index (χ0v) is 10.7. The lowest BCUT2D eigenvalue weighted by Gasteiger charge is -2.35. The molecule has 2 rings (SSSR count). The van der Waals surface area contributed by atoms with Crippen molar-refractivity contribution in [3.63, 3.8) is 0 Å². The van der Waals surface area contributed by atoms with Crippen LogP contribution in [-0.2, 0) is 14.9 Å². The number of ether oxygens (including phenoxy) is 2. The molecule has 0 amide bonds. The van der Waals surface area contributed by atoms with E-state index in [4.69, 9.17) is 9.47 Å². The molecular weight excluding hydrogens is 232 g/mol. The molecule has 1 aliphatic heterocycles. The van der Waals surface area contributed by atoms with Crippen LogP contribution in [0.4, 0.5) is 0 Å². The van der Waals surface area contributed by atoms with Gasteiger partial charge in [0.15, 0.2) is 0 Å². The molecule has 98 valence electrons. The van der Waals surface area contributed by atoms with Crippen LogP contribution < -0.4 is 4.74 Å². The van der Waals surface area contributed by atoms with Gasteiger partial charge in [-0.25, -0.2) is 0 Å². The van der Waals surface area contributed by atoms with E-state index < -0.39 is 11.4 Å². The van der Waals surface area contributed by atoms with E-state index in [2.05, 4.69) is 0 Å². The number of hydrogen-bond acceptors (Lipinski definition) is 3. The summed E-state index contributed by atoms with van der Waals surface area (Å²) in [5, 5.41) is 9.58. The Morgan fingerprint density at radius 1 is 1.50 bits per heavy atom. The average molecular weight is 250 g/mol. The maximum Gasteiger partial charge on any atom is 0.313 e. The van der Waals surface area contributed by atoms with Gasteiger partial charge in [0.05, 0.1) is 25.7 Å². The quantitative estimate of drug-likeness (QED) is 0.869. The summed E-state index contributed by atoms with van der Waals surface area (Å²) in [6, 6.07) is 7.31. The van der Waals surface area contributed by atoms with Gasteiger partial charge in [-0.3, -0.25) is 4.79 Å². The molecule has 1 N–H and O–H groups in total. The number of para-hydroxylation sites is 1. The van der Waals surface area contributed by atoms with E-state index in [1.54, 1.807) is 20.1 Å². The Morgan fingerprint density at radius 3 is 2.67 bits per heavy atom. The van der Waals surface area contributed by atoms with Crippen molar-refractivity contribution in [2.24, 2.45) is 5.92 Å². The lowest BCUT2D eigenvalue weighted by Crippen LogP contribution is -2.40. The second kappa shape index (κ2) is 4.98. The molecule has 4 heteroatoms. The minimum absolute atomic E-state index is 0.316. The van der Waals surface area contributed by atoms with E-state index in [-0.39, 0.29) is 0 Å². The van der Waals surface area contributed by atoms with Crippen molar-refractivity contribution in [3.8, 4) is 5.75 Å². The molecule has 1 fully saturated rings. The standard InChI is InChI=1S/C14H18O4/c1-14(13(15)16,7-10-8-18-9-10)11-5-3-4-6-12(11)17-2/h3-6,10H,7-9H2,1-2H3,(H,15,16). The molecule has 0 aliphatic carbocycles. The van der Waals surface area contributed by atoms with Gasteiger partial charge in [0.2, 0.25) is 0 Å². The second-order valence-electron chi connectivity index (χ2n) is 4.95. The Hall–Kier alpha value is -1.55. The summed E-state index contributed by atoms with van der Waals surface area (Å²) in [6.45, 7) is 3.06. The molecule has 18 heavy (non-hydrogen) atoms. The SMILES string of the molecule is COc1ccccc1C(C)(CC1COC1)C(=O)O. The van der Waals surface area contributed by atoms with E-state index >= 15 is 0 Å². The van der Waals surface area contributed by atoms with Crippen LogP contribution in [0.1, 0.15) is 18.9 Å². The fourth-order valence-electron chi connectivity index (χ4n) is 2.39. The minimum atomic E-state index is -0.930. The van der Waals surface area contributed by atoms with Crippen molar-refractivity contribution in [2.75, 3.05) is 20.3 Å². The van der Waals surface area contributed by atoms with Gasteiger partial charge in [-0.05, 0) is 19.4 Å². The van der Waals surface area contributed by atoms with E-state index in [9.17, 15) is 9.90 Å². The molecule has 0 bridgehead atoms. The Bertz CT molecular complexity index is 439. The van der Waals surface area contributed by atoms with Crippen LogP contribution in [0.2, 0.25) is 0 Å². The number of rotatable bonds is 5. The van der Waals surface area contributed by atoms with Crippen molar-refractivity contribution in [3.05, 3.63) is 29.8 Å². The van der Waals surface area contributed by atoms with E-state index in [1.807, 2.05) is 18.2 Å². The van der Waals surface area contributed by atoms with Crippen molar-refractivity contribution >= 4 is 5.97 Å². The van der Waals surface area contributed by atoms with Gasteiger partial charge in [0, 0.05) is 11.5 Å². The summed E-state index contributed by atoms with van der Waals surface area (Å²) in [5.74, 6) is 0.123. The Labute approximate surface area is 107 Å². The molecule has 1 aromatic carbocycles. The summed E-state index contributed by atoms with van der Waals surface area (Å²) in [7, 11) is 1.56. The molecule has 1 atom stereocenters. The number of benzene rings is 1. The first-order chi connectivity index (χ1) is 8.58. The van der Waals surface area contributed by atoms with Gasteiger partial charge in [0.25, 0.3) is 0 Å². The van der Waals surface area contributed by atoms with Crippen molar-refractivity contribution in [2.45, 2.75) is 18.8 Å². The van der Waals surface area contributed by atoms with E-state index in [0.29, 0.717) is 31.3 Å². The molecule has 1 heterocycles. The second-order valence-corrected chi connectivity index (χ2v) is 4.95. The molecule has 0 spiro atoms. The number of aliphatic carboxylic acids is 1. The van der Waals surface area contributed by atoms with Crippen molar-refractivity contribution in [1.29, 1.82) is 0 Å². The van der Waals surface area contributed by atoms with Gasteiger partial charge in [-0.1, -0.05) is 18.2 Å². The Kier molecular flexibility index (Phi) is 3.57. The van der Waals surface area contributed by atoms with Crippen LogP contribution in [0.3, 0.4) is 0 Å². The number of carboxylic acids is 1. The highest BCUT2D eigenvalue weighted by Crippen LogP contribution is 2.38. The van der Waals surface area contributed by atoms with Gasteiger partial charge in [-0.2, -0.15) is 0 Å². The summed E-state index contributed by atoms with van der Waals surface area (Å²) in [6.07, 6.45) is 0.572. The highest BCUT2D eigenvalue weighted by Gasteiger charge is 2.41. The molecule has 0 saturated carbocycles. The van der Waals surface area contributed by atoms with Crippen LogP contribution in [0.5, 0.6) is 5.75 Å². The molecule has 1 aromatic rings. The maximum atomic E-state index is 11.7. The Balaban J connectivity index is 2.35. The predicted molar refractivity (Wildman–Crippen MR) is 66.9 cm³/mol. The van der Waals surface area contributed by atoms with Crippen molar-refractivity contribution in [1.82, 2.24) is 0 Å². The fraction of sp³-hybridized carbons (Fsp3) is 0.500. The minimum Gasteiger partial charge on any atom is -0.496 e. The normalized spacial score (nSPS) is 18.8. The van der Waals surface area contributed by atoms with Crippen LogP contribution in [-0.4, -0.2) is 31.4 Å². The summed E-state index contributed by atoms with van der Waals surface area (Å²) >= 11 is 0. The molecule has 1 unspecified atom stereocenters. The predicted octanol–water partition coefficient (Wildman–Crippen LogP) is 2.07. The third-order valence-electron chi connectivity index (χ3n) is 3.58. The van der Waals surface area contributed by atoms with E-state index in [1.165, 1.54) is 0 Å². The fourth-order valence-corrected chi connectivity index (χ4v) is 2.39. The van der Waals surface area contributed by atoms with Crippen LogP contribution in [0.25, 0.3) is 0 Å². The number of carbonyl (C=O) groups is 1. The molecule has 1 saturated heterocycles. The monoisotopic (exact) mass is 250 g/mol. The molecule has 1 aliphatic rings. The first kappa shape index (κ1) is 12.9. The zero-order valence-electron chi connectivity index (χ0n) is 10.7. The lowest BCUT2D eigenvalue weighted by molar-refractivity contribution is -0.146. The maximum absolute atomic E-state index is 11.7. The van der Waals surface area contributed by atoms with Gasteiger partial charge in [0.1, 0.15) is 5.75 Å². The summed E-state index contributed by atoms with van der Waals surface area (Å²) in [5.41, 5.74) is -0.201. The van der Waals surface area contributed by atoms with Gasteiger partial charge < -0.3 is 14.6 Å². The zero-order chi connectivity index (χ0) is 13.2. The highest BCUT2D eigenvalue weighted by atomic mass is 16.5. The topological polar surface area (TPSA) is 55.8 Å². The average Bonchev–Trinajstić information content (AvgIpc) is 2.33. The van der Waals surface area contributed by atoms with Crippen LogP contribution in [0.15, 0.2) is 24.3 Å². The van der Waals surface area contributed by atoms with Crippen LogP contribution >= 0.6 is 0 Å². The van der Waals surface area contributed by atoms with Gasteiger partial charge >= 0.3 is 5.97 Å². The largest absolute Gasteiger partial charge is 0.496 e. The first-order valence-electron chi connectivity index (χ1n) is 6.02. The third kappa shape index (κ3) is 2.20. The van der Waals surface area contributed by atoms with E-state index in [0.717, 1.165) is 5.56 Å². The highest BCUT2D eigenvalue weighted by molar-refractivity contribution is 5.82. The molecule has 0 radical (unpaired) electrons. The third-order valence-corrected chi connectivity index (χ3v) is 3.58. The lowest BCUT2D eigenvalue weighted by atomic mass is 9.74. The summed E-state index contributed by atoms with van der Waals surface area (Å²) in [4.78, 5) is 11.7. The molecule has 0 aromatic heterocycles. The van der Waals surface area contributed by atoms with Gasteiger partial charge in [-0.15, -0.1) is 0 Å². The van der Waals surface area contributed by atoms with Crippen LogP contribution in [0, 0.1) is 5.92 Å². The molecule has 4 nitrogen and oxygen atoms in total. The smallest absolute Gasteiger partial charge is 0.313 e. The van der Waals surface area contributed by atoms with Crippen molar-refractivity contribution < 1.29 is 19.4 Å². The number of hydrogen-bond donors (Lipinski definition) is 1.